The monoisotopic (exact) mass is 451 g/mol. The van der Waals surface area contributed by atoms with Crippen LogP contribution in [0.5, 0.6) is 0 Å². The van der Waals surface area contributed by atoms with Crippen molar-refractivity contribution in [3.63, 3.8) is 0 Å². The number of hydrogen-bond donors (Lipinski definition) is 2. The fraction of sp³-hybridized carbons (Fsp3) is 0.150. The van der Waals surface area contributed by atoms with Crippen LogP contribution in [0.3, 0.4) is 0 Å². The molecule has 0 bridgehead atoms. The minimum atomic E-state index is -3.65. The van der Waals surface area contributed by atoms with Gasteiger partial charge in [-0.2, -0.15) is 0 Å². The Bertz CT molecular complexity index is 1120. The van der Waals surface area contributed by atoms with Crippen molar-refractivity contribution in [2.75, 3.05) is 29.0 Å². The molecule has 3 aromatic rings. The molecule has 0 aliphatic rings. The largest absolute Gasteiger partial charge is 0.373 e. The highest BCUT2D eigenvalue weighted by Crippen LogP contribution is 2.26. The fourth-order valence-corrected chi connectivity index (χ4v) is 4.82. The molecule has 0 aliphatic heterocycles. The molecule has 0 spiro atoms. The van der Waals surface area contributed by atoms with E-state index in [1.807, 2.05) is 0 Å². The maximum Gasteiger partial charge on any atom is 0.271 e. The Morgan fingerprint density at radius 3 is 2.20 bits per heavy atom. The van der Waals surface area contributed by atoms with Gasteiger partial charge in [-0.1, -0.05) is 18.2 Å². The number of benzene rings is 2. The summed E-state index contributed by atoms with van der Waals surface area (Å²) in [4.78, 5) is 13.5. The van der Waals surface area contributed by atoms with Crippen LogP contribution in [-0.2, 0) is 21.2 Å². The van der Waals surface area contributed by atoms with E-state index < -0.39 is 27.6 Å². The van der Waals surface area contributed by atoms with Crippen LogP contribution in [0.2, 0.25) is 0 Å². The first-order valence-corrected chi connectivity index (χ1v) is 11.1. The van der Waals surface area contributed by atoms with Crippen LogP contribution in [0.4, 0.5) is 25.8 Å². The predicted octanol–water partition coefficient (Wildman–Crippen LogP) is 4.07. The lowest BCUT2D eigenvalue weighted by Gasteiger charge is -2.16. The van der Waals surface area contributed by atoms with Gasteiger partial charge in [0.15, 0.2) is 11.6 Å². The van der Waals surface area contributed by atoms with Crippen molar-refractivity contribution < 1.29 is 22.0 Å². The van der Waals surface area contributed by atoms with Crippen LogP contribution in [-0.4, -0.2) is 28.4 Å². The predicted molar refractivity (Wildman–Crippen MR) is 115 cm³/mol. The second-order valence-electron chi connectivity index (χ2n) is 6.64. The number of anilines is 3. The molecule has 6 nitrogen and oxygen atoms in total. The number of carbonyl (C=O) groups is 1. The first-order chi connectivity index (χ1) is 14.2. The summed E-state index contributed by atoms with van der Waals surface area (Å²) < 4.78 is 55.2. The molecule has 30 heavy (non-hydrogen) atoms. The lowest BCUT2D eigenvalue weighted by molar-refractivity contribution is -0.115. The Morgan fingerprint density at radius 2 is 1.67 bits per heavy atom. The zero-order valence-corrected chi connectivity index (χ0v) is 17.8. The van der Waals surface area contributed by atoms with Gasteiger partial charge in [0.05, 0.1) is 6.42 Å². The normalized spacial score (nSPS) is 11.2. The fourth-order valence-electron chi connectivity index (χ4n) is 2.77. The molecule has 1 aromatic heterocycles. The van der Waals surface area contributed by atoms with E-state index in [9.17, 15) is 22.0 Å². The second kappa shape index (κ2) is 8.80. The summed E-state index contributed by atoms with van der Waals surface area (Å²) in [7, 11) is -0.614. The molecule has 3 rings (SSSR count). The molecule has 0 aliphatic carbocycles. The topological polar surface area (TPSA) is 78.5 Å². The van der Waals surface area contributed by atoms with Crippen LogP contribution in [0.1, 0.15) is 5.56 Å². The van der Waals surface area contributed by atoms with Crippen molar-refractivity contribution in [1.29, 1.82) is 0 Å². The van der Waals surface area contributed by atoms with E-state index >= 15 is 0 Å². The summed E-state index contributed by atoms with van der Waals surface area (Å²) in [5, 5.41) is 4.13. The molecule has 0 saturated carbocycles. The van der Waals surface area contributed by atoms with E-state index in [0.717, 1.165) is 23.5 Å². The summed E-state index contributed by atoms with van der Waals surface area (Å²) in [5.41, 5.74) is 0.794. The smallest absolute Gasteiger partial charge is 0.271 e. The van der Waals surface area contributed by atoms with E-state index in [0.29, 0.717) is 11.3 Å². The van der Waals surface area contributed by atoms with Crippen molar-refractivity contribution in [2.24, 2.45) is 0 Å². The maximum atomic E-state index is 14.0. The third kappa shape index (κ3) is 5.14. The number of nitrogens with one attached hydrogen (secondary N) is 2. The minimum absolute atomic E-state index is 0.0147. The Kier molecular flexibility index (Phi) is 6.37. The molecule has 2 N–H and O–H groups in total. The molecule has 0 unspecified atom stereocenters. The van der Waals surface area contributed by atoms with E-state index in [2.05, 4.69) is 10.0 Å². The molecule has 0 atom stereocenters. The van der Waals surface area contributed by atoms with Gasteiger partial charge in [0, 0.05) is 25.5 Å². The summed E-state index contributed by atoms with van der Waals surface area (Å²) in [5.74, 6) is -2.02. The van der Waals surface area contributed by atoms with Gasteiger partial charge in [-0.15, -0.1) is 11.3 Å². The molecule has 0 radical (unpaired) electrons. The second-order valence-corrected chi connectivity index (χ2v) is 9.50. The molecule has 1 heterocycles. The van der Waals surface area contributed by atoms with Crippen LogP contribution in [0.15, 0.2) is 58.1 Å². The zero-order chi connectivity index (χ0) is 21.9. The number of hydrogen-bond acceptors (Lipinski definition) is 5. The van der Waals surface area contributed by atoms with Crippen LogP contribution >= 0.6 is 11.3 Å². The SMILES string of the molecule is CN(C)c1c(F)cc(NC(=O)Cc2ccc(NS(=O)(=O)c3cccs3)cc2)cc1F. The quantitative estimate of drug-likeness (QED) is 0.568. The van der Waals surface area contributed by atoms with Crippen LogP contribution in [0, 0.1) is 11.6 Å². The number of nitrogens with zero attached hydrogens (tertiary/aromatic N) is 1. The van der Waals surface area contributed by atoms with Crippen LogP contribution < -0.4 is 14.9 Å². The number of rotatable bonds is 7. The van der Waals surface area contributed by atoms with E-state index in [1.54, 1.807) is 35.7 Å². The molecule has 1 amide bonds. The van der Waals surface area contributed by atoms with E-state index in [-0.39, 0.29) is 22.0 Å². The van der Waals surface area contributed by atoms with Crippen molar-refractivity contribution >= 4 is 44.3 Å². The molecule has 10 heteroatoms. The van der Waals surface area contributed by atoms with Gasteiger partial charge in [-0.05, 0) is 41.3 Å². The molecule has 2 aromatic carbocycles. The summed E-state index contributed by atoms with van der Waals surface area (Å²) in [6.45, 7) is 0. The number of thiophene rings is 1. The molecule has 0 saturated heterocycles. The number of amides is 1. The lowest BCUT2D eigenvalue weighted by atomic mass is 10.1. The Balaban J connectivity index is 1.64. The highest BCUT2D eigenvalue weighted by atomic mass is 32.2. The first kappa shape index (κ1) is 21.7. The lowest BCUT2D eigenvalue weighted by Crippen LogP contribution is -2.17. The van der Waals surface area contributed by atoms with Gasteiger partial charge >= 0.3 is 0 Å². The number of halogens is 2. The van der Waals surface area contributed by atoms with Crippen molar-refractivity contribution in [3.8, 4) is 0 Å². The standard InChI is InChI=1S/C20H19F2N3O3S2/c1-25(2)20-16(21)11-15(12-17(20)22)23-18(26)10-13-5-7-14(8-6-13)24-30(27,28)19-4-3-9-29-19/h3-9,11-12,24H,10H2,1-2H3,(H,23,26). The third-order valence-electron chi connectivity index (χ3n) is 4.08. The number of carbonyl (C=O) groups excluding carboxylic acids is 1. The maximum absolute atomic E-state index is 14.0. The van der Waals surface area contributed by atoms with Gasteiger partial charge in [-0.25, -0.2) is 17.2 Å². The van der Waals surface area contributed by atoms with E-state index in [4.69, 9.17) is 0 Å². The van der Waals surface area contributed by atoms with Crippen LogP contribution in [0.25, 0.3) is 0 Å². The first-order valence-electron chi connectivity index (χ1n) is 8.77. The van der Waals surface area contributed by atoms with Crippen molar-refractivity contribution in [1.82, 2.24) is 0 Å². The van der Waals surface area contributed by atoms with Gasteiger partial charge in [0.25, 0.3) is 10.0 Å². The zero-order valence-electron chi connectivity index (χ0n) is 16.1. The van der Waals surface area contributed by atoms with Crippen molar-refractivity contribution in [2.45, 2.75) is 10.6 Å². The average molecular weight is 452 g/mol. The van der Waals surface area contributed by atoms with Gasteiger partial charge in [-0.3, -0.25) is 9.52 Å². The molecular formula is C20H19F2N3O3S2. The van der Waals surface area contributed by atoms with E-state index in [1.165, 1.54) is 25.1 Å². The highest BCUT2D eigenvalue weighted by Gasteiger charge is 2.16. The van der Waals surface area contributed by atoms with Crippen molar-refractivity contribution in [3.05, 3.63) is 71.1 Å². The molecular weight excluding hydrogens is 432 g/mol. The third-order valence-corrected chi connectivity index (χ3v) is 6.86. The Labute approximate surface area is 177 Å². The summed E-state index contributed by atoms with van der Waals surface area (Å²) >= 11 is 1.11. The van der Waals surface area contributed by atoms with Gasteiger partial charge in [0.1, 0.15) is 9.90 Å². The Morgan fingerprint density at radius 1 is 1.03 bits per heavy atom. The highest BCUT2D eigenvalue weighted by molar-refractivity contribution is 7.94. The van der Waals surface area contributed by atoms with Gasteiger partial charge < -0.3 is 10.2 Å². The Hall–Kier alpha value is -2.98. The minimum Gasteiger partial charge on any atom is -0.373 e. The average Bonchev–Trinajstić information content (AvgIpc) is 3.18. The summed E-state index contributed by atoms with van der Waals surface area (Å²) in [6.07, 6.45) is -0.0450. The number of sulfonamides is 1. The molecule has 0 fully saturated rings. The summed E-state index contributed by atoms with van der Waals surface area (Å²) in [6, 6.07) is 11.5. The molecule has 158 valence electrons. The van der Waals surface area contributed by atoms with Gasteiger partial charge in [0.2, 0.25) is 5.91 Å².